The molecule has 0 bridgehead atoms. The van der Waals surface area contributed by atoms with Crippen molar-refractivity contribution in [1.82, 2.24) is 9.97 Å². The number of hydrogen-bond acceptors (Lipinski definition) is 8. The van der Waals surface area contributed by atoms with E-state index in [-0.39, 0.29) is 6.61 Å². The molecular formula is C31H29N5O3S2. The van der Waals surface area contributed by atoms with E-state index in [1.54, 1.807) is 48.7 Å². The van der Waals surface area contributed by atoms with Crippen LogP contribution in [0, 0.1) is 0 Å². The summed E-state index contributed by atoms with van der Waals surface area (Å²) in [7, 11) is -2.93. The van der Waals surface area contributed by atoms with Crippen molar-refractivity contribution in [2.75, 3.05) is 23.5 Å². The van der Waals surface area contributed by atoms with Crippen LogP contribution < -0.4 is 10.6 Å². The van der Waals surface area contributed by atoms with Crippen LogP contribution in [0.2, 0.25) is 0 Å². The maximum absolute atomic E-state index is 12.9. The number of carbonyl (C=O) groups excluding carboxylic acids is 1. The van der Waals surface area contributed by atoms with E-state index in [9.17, 15) is 9.00 Å². The summed E-state index contributed by atoms with van der Waals surface area (Å²) in [5.74, 6) is 1.11. The number of benzene rings is 3. The Morgan fingerprint density at radius 3 is 2.44 bits per heavy atom. The summed E-state index contributed by atoms with van der Waals surface area (Å²) in [4.78, 5) is 22.6. The molecule has 0 radical (unpaired) electrons. The zero-order chi connectivity index (χ0) is 28.7. The van der Waals surface area contributed by atoms with Crippen molar-refractivity contribution in [2.24, 2.45) is 4.36 Å². The second-order valence-corrected chi connectivity index (χ2v) is 12.3. The first kappa shape index (κ1) is 28.0. The second-order valence-electron chi connectivity index (χ2n) is 9.05. The maximum atomic E-state index is 12.9. The Morgan fingerprint density at radius 2 is 1.71 bits per heavy atom. The third kappa shape index (κ3) is 6.97. The predicted octanol–water partition coefficient (Wildman–Crippen LogP) is 7.84. The highest BCUT2D eigenvalue weighted by Gasteiger charge is 2.14. The predicted molar refractivity (Wildman–Crippen MR) is 166 cm³/mol. The van der Waals surface area contributed by atoms with Crippen molar-refractivity contribution < 1.29 is 13.7 Å². The van der Waals surface area contributed by atoms with E-state index in [0.717, 1.165) is 27.1 Å². The van der Waals surface area contributed by atoms with Crippen LogP contribution in [0.5, 0.6) is 0 Å². The van der Waals surface area contributed by atoms with Gasteiger partial charge in [-0.2, -0.15) is 4.98 Å². The van der Waals surface area contributed by atoms with Gasteiger partial charge in [0.2, 0.25) is 5.95 Å². The molecule has 8 nitrogen and oxygen atoms in total. The average Bonchev–Trinajstić information content (AvgIpc) is 3.52. The molecule has 0 spiro atoms. The average molecular weight is 584 g/mol. The highest BCUT2D eigenvalue weighted by atomic mass is 32.2. The molecule has 0 fully saturated rings. The minimum atomic E-state index is -2.93. The highest BCUT2D eigenvalue weighted by Crippen LogP contribution is 2.32. The van der Waals surface area contributed by atoms with Crippen molar-refractivity contribution in [3.63, 3.8) is 0 Å². The lowest BCUT2D eigenvalue weighted by Crippen LogP contribution is -2.07. The minimum Gasteiger partial charge on any atom is -0.448 e. The van der Waals surface area contributed by atoms with Gasteiger partial charge in [-0.1, -0.05) is 60.7 Å². The number of nitrogens with zero attached hydrogens (tertiary/aromatic N) is 3. The van der Waals surface area contributed by atoms with Crippen molar-refractivity contribution in [3.8, 4) is 21.6 Å². The number of nitrogens with one attached hydrogen (secondary N) is 2. The van der Waals surface area contributed by atoms with Gasteiger partial charge in [0.25, 0.3) is 0 Å². The smallest absolute Gasteiger partial charge is 0.442 e. The summed E-state index contributed by atoms with van der Waals surface area (Å²) in [6, 6.07) is 29.5. The number of carbonyl (C=O) groups is 1. The quantitative estimate of drug-likeness (QED) is 0.182. The molecule has 3 aromatic carbocycles. The van der Waals surface area contributed by atoms with Crippen LogP contribution in [0.25, 0.3) is 21.6 Å². The van der Waals surface area contributed by atoms with Gasteiger partial charge < -0.3 is 15.4 Å². The summed E-state index contributed by atoms with van der Waals surface area (Å²) in [5, 5.41) is 8.78. The van der Waals surface area contributed by atoms with Gasteiger partial charge in [-0.05, 0) is 59.3 Å². The normalized spacial score (nSPS) is 12.2. The fourth-order valence-corrected chi connectivity index (χ4v) is 6.03. The van der Waals surface area contributed by atoms with Crippen molar-refractivity contribution in [3.05, 3.63) is 108 Å². The molecule has 5 rings (SSSR count). The highest BCUT2D eigenvalue weighted by molar-refractivity contribution is 7.93. The SMILES string of the molecule is CCOC(=O)N=S(C)(=O)c1ccc(Nc2ncc(-c3cccs3)c(NCc3ccccc3-c3ccccc3)n2)cc1. The Labute approximate surface area is 243 Å². The molecule has 0 aliphatic rings. The zero-order valence-electron chi connectivity index (χ0n) is 22.6. The Balaban J connectivity index is 1.39. The van der Waals surface area contributed by atoms with Crippen LogP contribution in [-0.4, -0.2) is 33.1 Å². The van der Waals surface area contributed by atoms with Gasteiger partial charge >= 0.3 is 6.09 Å². The summed E-state index contributed by atoms with van der Waals surface area (Å²) >= 11 is 1.62. The Bertz CT molecular complexity index is 1750. The molecule has 10 heteroatoms. The molecule has 208 valence electrons. The molecule has 2 N–H and O–H groups in total. The van der Waals surface area contributed by atoms with E-state index in [0.29, 0.717) is 28.9 Å². The topological polar surface area (TPSA) is 106 Å². The van der Waals surface area contributed by atoms with Crippen LogP contribution in [0.1, 0.15) is 12.5 Å². The molecule has 2 heterocycles. The van der Waals surface area contributed by atoms with Gasteiger partial charge in [0.15, 0.2) is 0 Å². The largest absolute Gasteiger partial charge is 0.448 e. The number of aromatic nitrogens is 2. The van der Waals surface area contributed by atoms with E-state index in [1.165, 1.54) is 6.26 Å². The summed E-state index contributed by atoms with van der Waals surface area (Å²) in [5.41, 5.74) is 5.07. The first-order valence-electron chi connectivity index (χ1n) is 13.0. The van der Waals surface area contributed by atoms with Crippen LogP contribution in [0.15, 0.2) is 112 Å². The molecule has 1 amide bonds. The number of anilines is 3. The van der Waals surface area contributed by atoms with E-state index < -0.39 is 15.8 Å². The van der Waals surface area contributed by atoms with E-state index in [2.05, 4.69) is 44.2 Å². The number of rotatable bonds is 9. The third-order valence-electron chi connectivity index (χ3n) is 6.19. The minimum absolute atomic E-state index is 0.169. The van der Waals surface area contributed by atoms with Gasteiger partial charge in [0, 0.05) is 34.5 Å². The fourth-order valence-electron chi connectivity index (χ4n) is 4.21. The molecule has 0 aliphatic heterocycles. The lowest BCUT2D eigenvalue weighted by atomic mass is 10.00. The van der Waals surface area contributed by atoms with Crippen LogP contribution in [0.3, 0.4) is 0 Å². The molecular weight excluding hydrogens is 555 g/mol. The van der Waals surface area contributed by atoms with Crippen molar-refractivity contribution >= 4 is 44.6 Å². The standard InChI is InChI=1S/C31H29N5O3S2/c1-3-39-31(37)36-41(2,38)25-17-15-24(16-18-25)34-30-33-21-27(28-14-9-19-40-28)29(35-30)32-20-23-12-7-8-13-26(23)22-10-5-4-6-11-22/h4-19,21H,3,20H2,1-2H3,(H2,32,33,34,35). The van der Waals surface area contributed by atoms with Gasteiger partial charge in [-0.3, -0.25) is 0 Å². The summed E-state index contributed by atoms with van der Waals surface area (Å²) < 4.78 is 21.4. The molecule has 2 aromatic heterocycles. The third-order valence-corrected chi connectivity index (χ3v) is 8.74. The van der Waals surface area contributed by atoms with E-state index >= 15 is 0 Å². The molecule has 41 heavy (non-hydrogen) atoms. The summed E-state index contributed by atoms with van der Waals surface area (Å²) in [6.45, 7) is 2.41. The van der Waals surface area contributed by atoms with Gasteiger partial charge in [0.05, 0.1) is 21.9 Å². The van der Waals surface area contributed by atoms with Gasteiger partial charge in [0.1, 0.15) is 5.82 Å². The van der Waals surface area contributed by atoms with E-state index in [4.69, 9.17) is 9.72 Å². The Hall–Kier alpha value is -4.54. The number of thiophene rings is 1. The molecule has 1 unspecified atom stereocenters. The van der Waals surface area contributed by atoms with E-state index in [1.807, 2.05) is 47.8 Å². The van der Waals surface area contributed by atoms with Crippen LogP contribution in [0.4, 0.5) is 22.2 Å². The number of hydrogen-bond donors (Lipinski definition) is 2. The Kier molecular flexibility index (Phi) is 8.71. The Morgan fingerprint density at radius 1 is 0.951 bits per heavy atom. The van der Waals surface area contributed by atoms with Gasteiger partial charge in [-0.25, -0.2) is 14.0 Å². The maximum Gasteiger partial charge on any atom is 0.442 e. The molecule has 0 saturated heterocycles. The number of amides is 1. The summed E-state index contributed by atoms with van der Waals surface area (Å²) in [6.07, 6.45) is 2.37. The molecule has 0 aliphatic carbocycles. The molecule has 0 saturated carbocycles. The number of ether oxygens (including phenoxy) is 1. The first-order chi connectivity index (χ1) is 19.9. The van der Waals surface area contributed by atoms with Crippen LogP contribution >= 0.6 is 11.3 Å². The zero-order valence-corrected chi connectivity index (χ0v) is 24.2. The monoisotopic (exact) mass is 583 g/mol. The lowest BCUT2D eigenvalue weighted by Gasteiger charge is -2.15. The van der Waals surface area contributed by atoms with Crippen molar-refractivity contribution in [1.29, 1.82) is 0 Å². The second kappa shape index (κ2) is 12.8. The fraction of sp³-hybridized carbons (Fsp3) is 0.129. The first-order valence-corrected chi connectivity index (χ1v) is 15.8. The lowest BCUT2D eigenvalue weighted by molar-refractivity contribution is 0.164. The van der Waals surface area contributed by atoms with Crippen LogP contribution in [-0.2, 0) is 21.0 Å². The van der Waals surface area contributed by atoms with Gasteiger partial charge in [-0.15, -0.1) is 15.7 Å². The molecule has 1 atom stereocenters. The molecule has 5 aromatic rings. The van der Waals surface area contributed by atoms with Crippen molar-refractivity contribution in [2.45, 2.75) is 18.4 Å².